The van der Waals surface area contributed by atoms with Crippen molar-refractivity contribution in [1.82, 2.24) is 5.32 Å². The molecule has 2 rings (SSSR count). The van der Waals surface area contributed by atoms with Gasteiger partial charge in [0.2, 0.25) is 0 Å². The van der Waals surface area contributed by atoms with Crippen LogP contribution in [0.25, 0.3) is 0 Å². The molecule has 0 aliphatic carbocycles. The molecule has 0 saturated carbocycles. The maximum atomic E-state index is 5.33. The molecule has 12 heavy (non-hydrogen) atoms. The average Bonchev–Trinajstić information content (AvgIpc) is 2.59. The maximum Gasteiger partial charge on any atom is 0.0620 e. The molecular formula is C9H17NOS. The van der Waals surface area contributed by atoms with Gasteiger partial charge >= 0.3 is 0 Å². The summed E-state index contributed by atoms with van der Waals surface area (Å²) in [6.45, 7) is 1.89. The molecule has 2 nitrogen and oxygen atoms in total. The number of rotatable bonds is 2. The van der Waals surface area contributed by atoms with E-state index in [1.165, 1.54) is 30.8 Å². The van der Waals surface area contributed by atoms with E-state index in [-0.39, 0.29) is 0 Å². The van der Waals surface area contributed by atoms with E-state index in [9.17, 15) is 0 Å². The Morgan fingerprint density at radius 3 is 2.58 bits per heavy atom. The third-order valence-corrected chi connectivity index (χ3v) is 3.67. The highest BCUT2D eigenvalue weighted by Crippen LogP contribution is 2.18. The second-order valence-electron chi connectivity index (χ2n) is 3.61. The van der Waals surface area contributed by atoms with Gasteiger partial charge in [0.05, 0.1) is 6.61 Å². The Balaban J connectivity index is 1.69. The van der Waals surface area contributed by atoms with Gasteiger partial charge in [0, 0.05) is 18.7 Å². The minimum atomic E-state index is 0.651. The van der Waals surface area contributed by atoms with Crippen LogP contribution in [0.2, 0.25) is 0 Å². The van der Waals surface area contributed by atoms with Crippen LogP contribution in [0, 0.1) is 0 Å². The topological polar surface area (TPSA) is 21.3 Å². The Labute approximate surface area is 78.4 Å². The predicted molar refractivity (Wildman–Crippen MR) is 52.7 cm³/mol. The van der Waals surface area contributed by atoms with Crippen molar-refractivity contribution in [1.29, 1.82) is 0 Å². The van der Waals surface area contributed by atoms with Crippen LogP contribution in [0.3, 0.4) is 0 Å². The van der Waals surface area contributed by atoms with E-state index in [0.717, 1.165) is 19.3 Å². The van der Waals surface area contributed by atoms with Gasteiger partial charge in [-0.3, -0.25) is 0 Å². The SMILES string of the molecule is C1CC(NC2CCSCC2)CO1. The van der Waals surface area contributed by atoms with Gasteiger partial charge in [-0.15, -0.1) is 0 Å². The molecule has 2 aliphatic heterocycles. The highest BCUT2D eigenvalue weighted by molar-refractivity contribution is 7.99. The Morgan fingerprint density at radius 2 is 1.92 bits per heavy atom. The summed E-state index contributed by atoms with van der Waals surface area (Å²) in [7, 11) is 0. The van der Waals surface area contributed by atoms with Crippen LogP contribution in [0.15, 0.2) is 0 Å². The van der Waals surface area contributed by atoms with Crippen molar-refractivity contribution in [3.05, 3.63) is 0 Å². The zero-order valence-electron chi connectivity index (χ0n) is 7.42. The highest BCUT2D eigenvalue weighted by atomic mass is 32.2. The Bertz CT molecular complexity index is 130. The van der Waals surface area contributed by atoms with Crippen LogP contribution in [-0.2, 0) is 4.74 Å². The van der Waals surface area contributed by atoms with E-state index in [1.54, 1.807) is 0 Å². The van der Waals surface area contributed by atoms with Crippen molar-refractivity contribution >= 4 is 11.8 Å². The van der Waals surface area contributed by atoms with E-state index >= 15 is 0 Å². The summed E-state index contributed by atoms with van der Waals surface area (Å²) < 4.78 is 5.33. The lowest BCUT2D eigenvalue weighted by atomic mass is 10.1. The zero-order chi connectivity index (χ0) is 8.23. The first-order chi connectivity index (χ1) is 5.95. The highest BCUT2D eigenvalue weighted by Gasteiger charge is 2.20. The smallest absolute Gasteiger partial charge is 0.0620 e. The van der Waals surface area contributed by atoms with Crippen LogP contribution in [0.5, 0.6) is 0 Å². The zero-order valence-corrected chi connectivity index (χ0v) is 8.24. The molecule has 1 atom stereocenters. The molecule has 2 fully saturated rings. The summed E-state index contributed by atoms with van der Waals surface area (Å²) in [4.78, 5) is 0. The van der Waals surface area contributed by atoms with Gasteiger partial charge in [-0.2, -0.15) is 11.8 Å². The average molecular weight is 187 g/mol. The van der Waals surface area contributed by atoms with E-state index in [1.807, 2.05) is 0 Å². The molecule has 0 aromatic rings. The molecule has 1 N–H and O–H groups in total. The van der Waals surface area contributed by atoms with Gasteiger partial charge in [-0.25, -0.2) is 0 Å². The minimum absolute atomic E-state index is 0.651. The van der Waals surface area contributed by atoms with Gasteiger partial charge < -0.3 is 10.1 Å². The molecule has 0 amide bonds. The third kappa shape index (κ3) is 2.38. The minimum Gasteiger partial charge on any atom is -0.380 e. The normalized spacial score (nSPS) is 32.5. The van der Waals surface area contributed by atoms with E-state index in [0.29, 0.717) is 6.04 Å². The van der Waals surface area contributed by atoms with Crippen molar-refractivity contribution in [2.45, 2.75) is 31.3 Å². The Hall–Kier alpha value is 0.270. The molecule has 0 bridgehead atoms. The van der Waals surface area contributed by atoms with Crippen LogP contribution in [0.1, 0.15) is 19.3 Å². The van der Waals surface area contributed by atoms with Gasteiger partial charge in [0.15, 0.2) is 0 Å². The first-order valence-corrected chi connectivity index (χ1v) is 6.02. The van der Waals surface area contributed by atoms with Gasteiger partial charge in [0.1, 0.15) is 0 Å². The quantitative estimate of drug-likeness (QED) is 0.703. The molecule has 0 spiro atoms. The molecule has 2 saturated heterocycles. The lowest BCUT2D eigenvalue weighted by Crippen LogP contribution is -2.40. The first kappa shape index (κ1) is 8.85. The summed E-state index contributed by atoms with van der Waals surface area (Å²) in [6, 6.07) is 1.43. The number of thioether (sulfide) groups is 1. The summed E-state index contributed by atoms with van der Waals surface area (Å²) in [5.41, 5.74) is 0. The van der Waals surface area contributed by atoms with Gasteiger partial charge in [-0.1, -0.05) is 0 Å². The second-order valence-corrected chi connectivity index (χ2v) is 4.84. The molecule has 2 aliphatic rings. The molecule has 2 heterocycles. The molecule has 1 unspecified atom stereocenters. The fraction of sp³-hybridized carbons (Fsp3) is 1.00. The first-order valence-electron chi connectivity index (χ1n) is 4.87. The van der Waals surface area contributed by atoms with Gasteiger partial charge in [0.25, 0.3) is 0 Å². The Morgan fingerprint density at radius 1 is 1.08 bits per heavy atom. The predicted octanol–water partition coefficient (Wildman–Crippen LogP) is 1.26. The van der Waals surface area contributed by atoms with Crippen molar-refractivity contribution in [2.75, 3.05) is 24.7 Å². The lowest BCUT2D eigenvalue weighted by Gasteiger charge is -2.25. The standard InChI is InChI=1S/C9H17NOS/c1-4-11-7-9(1)10-8-2-5-12-6-3-8/h8-10H,1-7H2. The van der Waals surface area contributed by atoms with Crippen LogP contribution >= 0.6 is 11.8 Å². The molecule has 0 aromatic carbocycles. The molecular weight excluding hydrogens is 170 g/mol. The summed E-state index contributed by atoms with van der Waals surface area (Å²) in [5, 5.41) is 3.68. The number of hydrogen-bond acceptors (Lipinski definition) is 3. The number of hydrogen-bond donors (Lipinski definition) is 1. The summed E-state index contributed by atoms with van der Waals surface area (Å²) in [6.07, 6.45) is 3.91. The monoisotopic (exact) mass is 187 g/mol. The molecule has 0 aromatic heterocycles. The molecule has 0 radical (unpaired) electrons. The third-order valence-electron chi connectivity index (χ3n) is 2.62. The van der Waals surface area contributed by atoms with Crippen LogP contribution in [-0.4, -0.2) is 36.8 Å². The summed E-state index contributed by atoms with van der Waals surface area (Å²) >= 11 is 2.09. The fourth-order valence-electron chi connectivity index (χ4n) is 1.86. The van der Waals surface area contributed by atoms with Crippen molar-refractivity contribution in [3.8, 4) is 0 Å². The number of nitrogens with one attached hydrogen (secondary N) is 1. The fourth-order valence-corrected chi connectivity index (χ4v) is 2.97. The largest absolute Gasteiger partial charge is 0.380 e. The summed E-state index contributed by atoms with van der Waals surface area (Å²) in [5.74, 6) is 2.68. The van der Waals surface area contributed by atoms with Gasteiger partial charge in [-0.05, 0) is 30.8 Å². The molecule has 70 valence electrons. The van der Waals surface area contributed by atoms with Crippen LogP contribution < -0.4 is 5.32 Å². The Kier molecular flexibility index (Phi) is 3.31. The van der Waals surface area contributed by atoms with E-state index in [2.05, 4.69) is 17.1 Å². The number of ether oxygens (including phenoxy) is 1. The van der Waals surface area contributed by atoms with Crippen molar-refractivity contribution in [3.63, 3.8) is 0 Å². The van der Waals surface area contributed by atoms with E-state index in [4.69, 9.17) is 4.74 Å². The lowest BCUT2D eigenvalue weighted by molar-refractivity contribution is 0.187. The molecule has 3 heteroatoms. The van der Waals surface area contributed by atoms with Crippen molar-refractivity contribution < 1.29 is 4.74 Å². The second kappa shape index (κ2) is 4.49. The van der Waals surface area contributed by atoms with E-state index < -0.39 is 0 Å². The van der Waals surface area contributed by atoms with Crippen molar-refractivity contribution in [2.24, 2.45) is 0 Å². The van der Waals surface area contributed by atoms with Crippen LogP contribution in [0.4, 0.5) is 0 Å². The maximum absolute atomic E-state index is 5.33.